The highest BCUT2D eigenvalue weighted by molar-refractivity contribution is 9.10. The first kappa shape index (κ1) is 14.5. The Balaban J connectivity index is 2.05. The highest BCUT2D eigenvalue weighted by Gasteiger charge is 2.28. The molecule has 1 unspecified atom stereocenters. The van der Waals surface area contributed by atoms with Crippen LogP contribution in [-0.4, -0.2) is 50.1 Å². The van der Waals surface area contributed by atoms with Crippen molar-refractivity contribution in [3.63, 3.8) is 0 Å². The maximum atomic E-state index is 12.3. The van der Waals surface area contributed by atoms with Gasteiger partial charge in [-0.05, 0) is 42.0 Å². The Kier molecular flexibility index (Phi) is 4.96. The van der Waals surface area contributed by atoms with E-state index in [-0.39, 0.29) is 5.91 Å². The van der Waals surface area contributed by atoms with Gasteiger partial charge in [-0.3, -0.25) is 9.69 Å². The van der Waals surface area contributed by atoms with Crippen LogP contribution in [0.3, 0.4) is 0 Å². The van der Waals surface area contributed by atoms with Gasteiger partial charge in [0, 0.05) is 30.1 Å². The van der Waals surface area contributed by atoms with Gasteiger partial charge in [0.1, 0.15) is 0 Å². The number of hydrogen-bond acceptors (Lipinski definition) is 3. The molecule has 19 heavy (non-hydrogen) atoms. The molecule has 2 rings (SSSR count). The number of benzene rings is 1. The molecule has 1 fully saturated rings. The summed E-state index contributed by atoms with van der Waals surface area (Å²) in [6, 6.07) is 8.26. The third kappa shape index (κ3) is 3.35. The topological polar surface area (TPSA) is 35.6 Å². The first-order valence-electron chi connectivity index (χ1n) is 6.57. The van der Waals surface area contributed by atoms with E-state index in [1.807, 2.05) is 36.2 Å². The van der Waals surface area contributed by atoms with Gasteiger partial charge in [0.15, 0.2) is 0 Å². The summed E-state index contributed by atoms with van der Waals surface area (Å²) in [6.45, 7) is 5.20. The number of amides is 1. The Labute approximate surface area is 122 Å². The molecule has 1 aliphatic heterocycles. The van der Waals surface area contributed by atoms with Crippen molar-refractivity contribution in [2.24, 2.45) is 0 Å². The number of likely N-dealkylation sites (N-methyl/N-ethyl adjacent to an activating group) is 1. The van der Waals surface area contributed by atoms with Crippen molar-refractivity contribution in [1.29, 1.82) is 0 Å². The number of carbonyl (C=O) groups excluding carboxylic acids is 1. The molecule has 4 nitrogen and oxygen atoms in total. The van der Waals surface area contributed by atoms with Crippen molar-refractivity contribution in [1.82, 2.24) is 10.2 Å². The zero-order valence-electron chi connectivity index (χ0n) is 11.4. The van der Waals surface area contributed by atoms with Crippen LogP contribution >= 0.6 is 15.9 Å². The second-order valence-electron chi connectivity index (χ2n) is 4.87. The van der Waals surface area contributed by atoms with E-state index in [0.29, 0.717) is 12.6 Å². The predicted octanol–water partition coefficient (Wildman–Crippen LogP) is 1.71. The van der Waals surface area contributed by atoms with E-state index < -0.39 is 0 Å². The third-order valence-electron chi connectivity index (χ3n) is 3.52. The lowest BCUT2D eigenvalue weighted by molar-refractivity contribution is -0.121. The molecule has 5 heteroatoms. The molecule has 1 saturated heterocycles. The van der Waals surface area contributed by atoms with Gasteiger partial charge in [-0.1, -0.05) is 12.1 Å². The molecule has 0 spiro atoms. The van der Waals surface area contributed by atoms with E-state index in [0.717, 1.165) is 29.8 Å². The Morgan fingerprint density at radius 1 is 1.37 bits per heavy atom. The summed E-state index contributed by atoms with van der Waals surface area (Å²) in [5.74, 6) is 0.168. The smallest absolute Gasteiger partial charge is 0.241 e. The van der Waals surface area contributed by atoms with Crippen molar-refractivity contribution in [3.05, 3.63) is 28.7 Å². The molecular weight excluding hydrogens is 306 g/mol. The van der Waals surface area contributed by atoms with Crippen LogP contribution in [0, 0.1) is 0 Å². The van der Waals surface area contributed by atoms with Crippen molar-refractivity contribution in [2.75, 3.05) is 38.1 Å². The zero-order valence-corrected chi connectivity index (χ0v) is 13.0. The number of halogens is 1. The number of para-hydroxylation sites is 1. The monoisotopic (exact) mass is 325 g/mol. The van der Waals surface area contributed by atoms with E-state index in [9.17, 15) is 4.79 Å². The number of nitrogens with zero attached hydrogens (tertiary/aromatic N) is 2. The van der Waals surface area contributed by atoms with Crippen LogP contribution in [-0.2, 0) is 4.79 Å². The zero-order chi connectivity index (χ0) is 13.8. The van der Waals surface area contributed by atoms with Gasteiger partial charge in [0.2, 0.25) is 5.91 Å². The molecule has 1 aromatic carbocycles. The summed E-state index contributed by atoms with van der Waals surface area (Å²) >= 11 is 3.51. The summed E-state index contributed by atoms with van der Waals surface area (Å²) in [5, 5.41) is 3.16. The first-order valence-corrected chi connectivity index (χ1v) is 7.36. The van der Waals surface area contributed by atoms with E-state index in [2.05, 4.69) is 33.1 Å². The molecule has 1 aromatic rings. The molecule has 0 bridgehead atoms. The summed E-state index contributed by atoms with van der Waals surface area (Å²) in [5.41, 5.74) is 0.966. The highest BCUT2D eigenvalue weighted by atomic mass is 79.9. The van der Waals surface area contributed by atoms with Crippen molar-refractivity contribution in [2.45, 2.75) is 13.0 Å². The quantitative estimate of drug-likeness (QED) is 0.915. The number of nitrogens with one attached hydrogen (secondary N) is 1. The minimum Gasteiger partial charge on any atom is -0.318 e. The standard InChI is InChI=1S/C14H20BrN3O/c1-11(9-16-2)17-7-8-18(14(19)10-17)13-6-4-3-5-12(13)15/h3-6,11,16H,7-10H2,1-2H3. The summed E-state index contributed by atoms with van der Waals surface area (Å²) < 4.78 is 0.972. The normalized spacial score (nSPS) is 18.7. The Bertz CT molecular complexity index is 452. The van der Waals surface area contributed by atoms with Crippen molar-refractivity contribution < 1.29 is 4.79 Å². The lowest BCUT2D eigenvalue weighted by Crippen LogP contribution is -2.54. The maximum Gasteiger partial charge on any atom is 0.241 e. The molecular formula is C14H20BrN3O. The van der Waals surface area contributed by atoms with Crippen molar-refractivity contribution in [3.8, 4) is 0 Å². The fraction of sp³-hybridized carbons (Fsp3) is 0.500. The second kappa shape index (κ2) is 6.50. The Morgan fingerprint density at radius 3 is 2.74 bits per heavy atom. The van der Waals surface area contributed by atoms with Gasteiger partial charge in [0.25, 0.3) is 0 Å². The van der Waals surface area contributed by atoms with E-state index in [1.54, 1.807) is 0 Å². The van der Waals surface area contributed by atoms with Crippen LogP contribution in [0.25, 0.3) is 0 Å². The number of rotatable bonds is 4. The minimum absolute atomic E-state index is 0.168. The average Bonchev–Trinajstić information content (AvgIpc) is 2.40. The highest BCUT2D eigenvalue weighted by Crippen LogP contribution is 2.27. The molecule has 1 aliphatic rings. The van der Waals surface area contributed by atoms with Gasteiger partial charge in [0.05, 0.1) is 12.2 Å². The molecule has 1 atom stereocenters. The fourth-order valence-electron chi connectivity index (χ4n) is 2.42. The van der Waals surface area contributed by atoms with Gasteiger partial charge < -0.3 is 10.2 Å². The van der Waals surface area contributed by atoms with E-state index >= 15 is 0 Å². The number of carbonyl (C=O) groups is 1. The van der Waals surface area contributed by atoms with Gasteiger partial charge in [-0.15, -0.1) is 0 Å². The van der Waals surface area contributed by atoms with E-state index in [4.69, 9.17) is 0 Å². The minimum atomic E-state index is 0.168. The lowest BCUT2D eigenvalue weighted by atomic mass is 10.2. The second-order valence-corrected chi connectivity index (χ2v) is 5.73. The number of anilines is 1. The van der Waals surface area contributed by atoms with Gasteiger partial charge in [-0.25, -0.2) is 0 Å². The van der Waals surface area contributed by atoms with Crippen LogP contribution in [0.15, 0.2) is 28.7 Å². The molecule has 1 N–H and O–H groups in total. The lowest BCUT2D eigenvalue weighted by Gasteiger charge is -2.37. The summed E-state index contributed by atoms with van der Waals surface area (Å²) in [6.07, 6.45) is 0. The predicted molar refractivity (Wildman–Crippen MR) is 81.5 cm³/mol. The Hall–Kier alpha value is -0.910. The average molecular weight is 326 g/mol. The molecule has 0 radical (unpaired) electrons. The SMILES string of the molecule is CNCC(C)N1CCN(c2ccccc2Br)C(=O)C1. The fourth-order valence-corrected chi connectivity index (χ4v) is 2.92. The molecule has 1 heterocycles. The summed E-state index contributed by atoms with van der Waals surface area (Å²) in [7, 11) is 1.94. The third-order valence-corrected chi connectivity index (χ3v) is 4.19. The maximum absolute atomic E-state index is 12.3. The summed E-state index contributed by atoms with van der Waals surface area (Å²) in [4.78, 5) is 16.4. The largest absolute Gasteiger partial charge is 0.318 e. The number of hydrogen-bond donors (Lipinski definition) is 1. The Morgan fingerprint density at radius 2 is 2.11 bits per heavy atom. The van der Waals surface area contributed by atoms with Crippen LogP contribution < -0.4 is 10.2 Å². The molecule has 1 amide bonds. The van der Waals surface area contributed by atoms with Crippen LogP contribution in [0.4, 0.5) is 5.69 Å². The van der Waals surface area contributed by atoms with Gasteiger partial charge >= 0.3 is 0 Å². The first-order chi connectivity index (χ1) is 9.13. The van der Waals surface area contributed by atoms with Crippen LogP contribution in [0.1, 0.15) is 6.92 Å². The van der Waals surface area contributed by atoms with Gasteiger partial charge in [-0.2, -0.15) is 0 Å². The van der Waals surface area contributed by atoms with Crippen LogP contribution in [0.2, 0.25) is 0 Å². The molecule has 104 valence electrons. The van der Waals surface area contributed by atoms with Crippen LogP contribution in [0.5, 0.6) is 0 Å². The van der Waals surface area contributed by atoms with E-state index in [1.165, 1.54) is 0 Å². The number of piperazine rings is 1. The molecule has 0 aliphatic carbocycles. The van der Waals surface area contributed by atoms with Crippen molar-refractivity contribution >= 4 is 27.5 Å². The molecule has 0 saturated carbocycles. The molecule has 0 aromatic heterocycles.